The van der Waals surface area contributed by atoms with Crippen LogP contribution in [0, 0.1) is 13.8 Å². The first-order valence-corrected chi connectivity index (χ1v) is 8.80. The number of ether oxygens (including phenoxy) is 1. The summed E-state index contributed by atoms with van der Waals surface area (Å²) in [6, 6.07) is 5.91. The van der Waals surface area contributed by atoms with Crippen LogP contribution in [0.3, 0.4) is 0 Å². The van der Waals surface area contributed by atoms with E-state index in [1.807, 2.05) is 43.1 Å². The second-order valence-electron chi connectivity index (χ2n) is 7.75. The second kappa shape index (κ2) is 6.54. The Morgan fingerprint density at radius 2 is 2.04 bits per heavy atom. The van der Waals surface area contributed by atoms with Crippen LogP contribution < -0.4 is 4.74 Å². The van der Waals surface area contributed by atoms with E-state index in [4.69, 9.17) is 4.74 Å². The maximum atomic E-state index is 12.6. The zero-order valence-electron chi connectivity index (χ0n) is 15.8. The van der Waals surface area contributed by atoms with E-state index in [0.717, 1.165) is 23.3 Å². The Kier molecular flexibility index (Phi) is 4.58. The molecule has 0 saturated heterocycles. The number of carbonyl (C=O) groups is 1. The molecule has 1 amide bonds. The quantitative estimate of drug-likeness (QED) is 0.861. The number of rotatable bonds is 3. The zero-order valence-corrected chi connectivity index (χ0v) is 15.8. The molecule has 0 saturated carbocycles. The fraction of sp³-hybridized carbons (Fsp3) is 0.500. The number of aryl methyl sites for hydroxylation is 1. The Morgan fingerprint density at radius 1 is 1.28 bits per heavy atom. The normalized spacial score (nSPS) is 14.4. The predicted octanol–water partition coefficient (Wildman–Crippen LogP) is 3.22. The van der Waals surface area contributed by atoms with Crippen LogP contribution in [0.1, 0.15) is 43.2 Å². The predicted molar refractivity (Wildman–Crippen MR) is 97.8 cm³/mol. The Labute approximate surface area is 149 Å². The van der Waals surface area contributed by atoms with Crippen molar-refractivity contribution in [2.45, 2.75) is 53.1 Å². The molecule has 0 aliphatic carbocycles. The van der Waals surface area contributed by atoms with E-state index in [1.54, 1.807) is 0 Å². The topological polar surface area (TPSA) is 47.4 Å². The molecule has 134 valence electrons. The maximum absolute atomic E-state index is 12.6. The molecule has 2 heterocycles. The lowest BCUT2D eigenvalue weighted by Crippen LogP contribution is -2.40. The van der Waals surface area contributed by atoms with E-state index in [1.165, 1.54) is 11.3 Å². The van der Waals surface area contributed by atoms with Gasteiger partial charge in [-0.3, -0.25) is 9.48 Å². The van der Waals surface area contributed by atoms with Gasteiger partial charge in [-0.05, 0) is 51.8 Å². The summed E-state index contributed by atoms with van der Waals surface area (Å²) in [7, 11) is 0. The van der Waals surface area contributed by atoms with Crippen LogP contribution in [0.4, 0.5) is 0 Å². The SMILES string of the molecule is Cc1cccc(OCC(=O)N2CCc3c(cnn3C(C)(C)C)C2)c1C. The highest BCUT2D eigenvalue weighted by molar-refractivity contribution is 5.78. The van der Waals surface area contributed by atoms with Crippen LogP contribution in [0.25, 0.3) is 0 Å². The number of carbonyl (C=O) groups excluding carboxylic acids is 1. The molecule has 0 N–H and O–H groups in total. The van der Waals surface area contributed by atoms with Crippen molar-refractivity contribution in [3.05, 3.63) is 46.8 Å². The van der Waals surface area contributed by atoms with Crippen LogP contribution in [0.2, 0.25) is 0 Å². The average molecular weight is 341 g/mol. The van der Waals surface area contributed by atoms with Gasteiger partial charge in [0.1, 0.15) is 5.75 Å². The molecule has 0 atom stereocenters. The van der Waals surface area contributed by atoms with E-state index in [-0.39, 0.29) is 18.1 Å². The maximum Gasteiger partial charge on any atom is 0.260 e. The van der Waals surface area contributed by atoms with Gasteiger partial charge in [-0.25, -0.2) is 0 Å². The zero-order chi connectivity index (χ0) is 18.2. The van der Waals surface area contributed by atoms with Gasteiger partial charge in [0.15, 0.2) is 6.61 Å². The van der Waals surface area contributed by atoms with Crippen molar-refractivity contribution in [2.24, 2.45) is 0 Å². The van der Waals surface area contributed by atoms with Crippen LogP contribution in [0.5, 0.6) is 5.75 Å². The molecule has 3 rings (SSSR count). The van der Waals surface area contributed by atoms with Gasteiger partial charge in [0.25, 0.3) is 5.91 Å². The molecule has 2 aromatic rings. The van der Waals surface area contributed by atoms with Gasteiger partial charge in [0.2, 0.25) is 0 Å². The van der Waals surface area contributed by atoms with Crippen LogP contribution in [-0.2, 0) is 23.3 Å². The van der Waals surface area contributed by atoms with Crippen molar-refractivity contribution >= 4 is 5.91 Å². The van der Waals surface area contributed by atoms with E-state index in [2.05, 4.69) is 30.6 Å². The minimum Gasteiger partial charge on any atom is -0.483 e. The molecule has 5 nitrogen and oxygen atoms in total. The van der Waals surface area contributed by atoms with E-state index in [9.17, 15) is 4.79 Å². The first-order valence-electron chi connectivity index (χ1n) is 8.80. The summed E-state index contributed by atoms with van der Waals surface area (Å²) in [6.07, 6.45) is 2.73. The van der Waals surface area contributed by atoms with E-state index < -0.39 is 0 Å². The van der Waals surface area contributed by atoms with Crippen molar-refractivity contribution < 1.29 is 9.53 Å². The van der Waals surface area contributed by atoms with Gasteiger partial charge in [-0.1, -0.05) is 12.1 Å². The van der Waals surface area contributed by atoms with Crippen molar-refractivity contribution in [3.8, 4) is 5.75 Å². The second-order valence-corrected chi connectivity index (χ2v) is 7.75. The molecular formula is C20H27N3O2. The lowest BCUT2D eigenvalue weighted by atomic mass is 10.0. The van der Waals surface area contributed by atoms with Crippen molar-refractivity contribution in [3.63, 3.8) is 0 Å². The van der Waals surface area contributed by atoms with Crippen LogP contribution in [-0.4, -0.2) is 33.7 Å². The Hall–Kier alpha value is -2.30. The van der Waals surface area contributed by atoms with E-state index >= 15 is 0 Å². The number of amides is 1. The van der Waals surface area contributed by atoms with E-state index in [0.29, 0.717) is 13.1 Å². The largest absolute Gasteiger partial charge is 0.483 e. The summed E-state index contributed by atoms with van der Waals surface area (Å²) in [5.74, 6) is 0.807. The fourth-order valence-electron chi connectivity index (χ4n) is 3.23. The number of aromatic nitrogens is 2. The minimum absolute atomic E-state index is 0.0232. The molecule has 0 fully saturated rings. The molecular weight excluding hydrogens is 314 g/mol. The third kappa shape index (κ3) is 3.55. The molecule has 0 radical (unpaired) electrons. The van der Waals surface area contributed by atoms with Crippen LogP contribution in [0.15, 0.2) is 24.4 Å². The summed E-state index contributed by atoms with van der Waals surface area (Å²) in [5.41, 5.74) is 4.60. The molecule has 1 aromatic carbocycles. The van der Waals surface area contributed by atoms with Crippen molar-refractivity contribution in [1.29, 1.82) is 0 Å². The Morgan fingerprint density at radius 3 is 2.76 bits per heavy atom. The monoisotopic (exact) mass is 341 g/mol. The first kappa shape index (κ1) is 17.5. The highest BCUT2D eigenvalue weighted by Crippen LogP contribution is 2.25. The molecule has 0 bridgehead atoms. The Bertz CT molecular complexity index is 787. The molecule has 0 spiro atoms. The molecule has 1 aliphatic heterocycles. The average Bonchev–Trinajstić information content (AvgIpc) is 2.99. The first-order chi connectivity index (χ1) is 11.8. The van der Waals surface area contributed by atoms with Gasteiger partial charge < -0.3 is 9.64 Å². The number of benzene rings is 1. The molecule has 1 aliphatic rings. The smallest absolute Gasteiger partial charge is 0.260 e. The number of hydrogen-bond acceptors (Lipinski definition) is 3. The number of fused-ring (bicyclic) bond motifs is 1. The highest BCUT2D eigenvalue weighted by atomic mass is 16.5. The number of nitrogens with zero attached hydrogens (tertiary/aromatic N) is 3. The Balaban J connectivity index is 1.65. The van der Waals surface area contributed by atoms with Crippen LogP contribution >= 0.6 is 0 Å². The summed E-state index contributed by atoms with van der Waals surface area (Å²) in [4.78, 5) is 14.4. The van der Waals surface area contributed by atoms with Gasteiger partial charge in [-0.2, -0.15) is 5.10 Å². The standard InChI is InChI=1S/C20H27N3O2/c1-14-7-6-8-18(15(14)2)25-13-19(24)22-10-9-17-16(12-22)11-21-23(17)20(3,4)5/h6-8,11H,9-10,12-13H2,1-5H3. The highest BCUT2D eigenvalue weighted by Gasteiger charge is 2.27. The third-order valence-electron chi connectivity index (χ3n) is 4.83. The molecule has 0 unspecified atom stereocenters. The summed E-state index contributed by atoms with van der Waals surface area (Å²) >= 11 is 0. The number of hydrogen-bond donors (Lipinski definition) is 0. The third-order valence-corrected chi connectivity index (χ3v) is 4.83. The summed E-state index contributed by atoms with van der Waals surface area (Å²) < 4.78 is 7.85. The lowest BCUT2D eigenvalue weighted by molar-refractivity contribution is -0.134. The molecule has 5 heteroatoms. The fourth-order valence-corrected chi connectivity index (χ4v) is 3.23. The minimum atomic E-state index is -0.0361. The van der Waals surface area contributed by atoms with Gasteiger partial charge >= 0.3 is 0 Å². The van der Waals surface area contributed by atoms with Gasteiger partial charge in [0, 0.05) is 30.8 Å². The summed E-state index contributed by atoms with van der Waals surface area (Å²) in [5, 5.41) is 4.53. The molecule has 25 heavy (non-hydrogen) atoms. The lowest BCUT2D eigenvalue weighted by Gasteiger charge is -2.30. The van der Waals surface area contributed by atoms with Crippen molar-refractivity contribution in [2.75, 3.05) is 13.2 Å². The summed E-state index contributed by atoms with van der Waals surface area (Å²) in [6.45, 7) is 11.9. The molecule has 1 aromatic heterocycles. The van der Waals surface area contributed by atoms with Crippen molar-refractivity contribution in [1.82, 2.24) is 14.7 Å². The van der Waals surface area contributed by atoms with Gasteiger partial charge in [-0.15, -0.1) is 0 Å². The van der Waals surface area contributed by atoms with Gasteiger partial charge in [0.05, 0.1) is 11.7 Å².